The van der Waals surface area contributed by atoms with Gasteiger partial charge in [0.15, 0.2) is 0 Å². The van der Waals surface area contributed by atoms with Crippen molar-refractivity contribution < 1.29 is 17.9 Å². The fraction of sp³-hybridized carbons (Fsp3) is 0.500. The van der Waals surface area contributed by atoms with Gasteiger partial charge in [-0.1, -0.05) is 0 Å². The van der Waals surface area contributed by atoms with E-state index in [1.165, 1.54) is 19.2 Å². The Bertz CT molecular complexity index is 682. The summed E-state index contributed by atoms with van der Waals surface area (Å²) in [5.41, 5.74) is 5.00. The van der Waals surface area contributed by atoms with Crippen molar-refractivity contribution in [3.63, 3.8) is 0 Å². The highest BCUT2D eigenvalue weighted by Crippen LogP contribution is 2.29. The van der Waals surface area contributed by atoms with E-state index in [0.717, 1.165) is 12.8 Å². The minimum atomic E-state index is -3.69. The monoisotopic (exact) mass is 363 g/mol. The Morgan fingerprint density at radius 2 is 1.96 bits per heavy atom. The number of amides is 1. The van der Waals surface area contributed by atoms with E-state index in [2.05, 4.69) is 10.0 Å². The molecule has 0 saturated heterocycles. The highest BCUT2D eigenvalue weighted by Gasteiger charge is 2.30. The van der Waals surface area contributed by atoms with Crippen LogP contribution in [0.25, 0.3) is 0 Å². The average Bonchev–Trinajstić information content (AvgIpc) is 3.20. The van der Waals surface area contributed by atoms with Crippen molar-refractivity contribution >= 4 is 34.0 Å². The minimum Gasteiger partial charge on any atom is -0.495 e. The zero-order chi connectivity index (χ0) is 16.5. The normalized spacial score (nSPS) is 14.8. The van der Waals surface area contributed by atoms with Gasteiger partial charge in [-0.3, -0.25) is 4.79 Å². The van der Waals surface area contributed by atoms with Gasteiger partial charge < -0.3 is 15.8 Å². The molecular weight excluding hydrogens is 342 g/mol. The second kappa shape index (κ2) is 7.04. The van der Waals surface area contributed by atoms with Crippen LogP contribution in [0.15, 0.2) is 23.1 Å². The lowest BCUT2D eigenvalue weighted by Gasteiger charge is -2.18. The molecule has 9 heteroatoms. The molecule has 1 aliphatic carbocycles. The maximum absolute atomic E-state index is 12.4. The number of ether oxygens (including phenoxy) is 1. The number of sulfonamides is 1. The van der Waals surface area contributed by atoms with Gasteiger partial charge in [-0.25, -0.2) is 13.1 Å². The molecule has 1 saturated carbocycles. The van der Waals surface area contributed by atoms with Crippen LogP contribution in [0.2, 0.25) is 0 Å². The van der Waals surface area contributed by atoms with Crippen LogP contribution in [-0.2, 0) is 14.8 Å². The van der Waals surface area contributed by atoms with Crippen LogP contribution < -0.4 is 20.5 Å². The van der Waals surface area contributed by atoms with E-state index in [4.69, 9.17) is 10.5 Å². The van der Waals surface area contributed by atoms with Crippen molar-refractivity contribution in [2.75, 3.05) is 12.4 Å². The van der Waals surface area contributed by atoms with Gasteiger partial charge in [0.2, 0.25) is 15.9 Å². The van der Waals surface area contributed by atoms with Crippen molar-refractivity contribution in [3.05, 3.63) is 18.2 Å². The number of methoxy groups -OCH3 is 1. The van der Waals surface area contributed by atoms with Gasteiger partial charge in [0.05, 0.1) is 12.6 Å². The number of hydrogen-bond donors (Lipinski definition) is 3. The molecule has 4 N–H and O–H groups in total. The molecule has 1 amide bonds. The van der Waals surface area contributed by atoms with Crippen LogP contribution in [0.3, 0.4) is 0 Å². The lowest BCUT2D eigenvalue weighted by molar-refractivity contribution is -0.120. The van der Waals surface area contributed by atoms with Crippen molar-refractivity contribution in [1.29, 1.82) is 0 Å². The van der Waals surface area contributed by atoms with Gasteiger partial charge in [-0.05, 0) is 44.9 Å². The van der Waals surface area contributed by atoms with Gasteiger partial charge >= 0.3 is 0 Å². The zero-order valence-corrected chi connectivity index (χ0v) is 14.9. The molecule has 0 aromatic heterocycles. The van der Waals surface area contributed by atoms with Crippen molar-refractivity contribution in [2.45, 2.75) is 43.2 Å². The number of benzene rings is 1. The van der Waals surface area contributed by atoms with Crippen LogP contribution in [0.4, 0.5) is 5.69 Å². The molecule has 1 aliphatic rings. The van der Waals surface area contributed by atoms with Gasteiger partial charge in [-0.15, -0.1) is 12.4 Å². The van der Waals surface area contributed by atoms with Crippen LogP contribution >= 0.6 is 12.4 Å². The largest absolute Gasteiger partial charge is 0.495 e. The van der Waals surface area contributed by atoms with E-state index in [-0.39, 0.29) is 29.1 Å². The third kappa shape index (κ3) is 5.07. The molecule has 0 bridgehead atoms. The molecule has 0 spiro atoms. The Balaban J connectivity index is 0.00000264. The average molecular weight is 364 g/mol. The molecule has 1 aromatic rings. The molecular formula is C14H22ClN3O4S. The summed E-state index contributed by atoms with van der Waals surface area (Å²) in [5.74, 6) is -0.186. The van der Waals surface area contributed by atoms with E-state index >= 15 is 0 Å². The van der Waals surface area contributed by atoms with Gasteiger partial charge in [0, 0.05) is 11.7 Å². The Labute approximate surface area is 142 Å². The van der Waals surface area contributed by atoms with E-state index in [1.807, 2.05) is 0 Å². The molecule has 0 radical (unpaired) electrons. The predicted octanol–water partition coefficient (Wildman–Crippen LogP) is 1.23. The molecule has 7 nitrogen and oxygen atoms in total. The number of nitrogens with one attached hydrogen (secondary N) is 2. The van der Waals surface area contributed by atoms with E-state index in [1.54, 1.807) is 19.9 Å². The Morgan fingerprint density at radius 1 is 1.35 bits per heavy atom. The van der Waals surface area contributed by atoms with Crippen LogP contribution in [-0.4, -0.2) is 33.0 Å². The number of carbonyl (C=O) groups is 1. The lowest BCUT2D eigenvalue weighted by Crippen LogP contribution is -2.45. The standard InChI is InChI=1S/C14H21N3O4S.ClH/c1-14(2,15)13(18)16-10-6-7-11(21-3)12(8-10)22(19,20)17-9-4-5-9;/h6-9,17H,4-5,15H2,1-3H3,(H,16,18);1H. The third-order valence-electron chi connectivity index (χ3n) is 3.20. The quantitative estimate of drug-likeness (QED) is 0.704. The van der Waals surface area contributed by atoms with E-state index in [0.29, 0.717) is 5.69 Å². The first kappa shape index (κ1) is 19.7. The van der Waals surface area contributed by atoms with E-state index < -0.39 is 21.5 Å². The first-order chi connectivity index (χ1) is 10.1. The summed E-state index contributed by atoms with van der Waals surface area (Å²) >= 11 is 0. The maximum Gasteiger partial charge on any atom is 0.244 e. The summed E-state index contributed by atoms with van der Waals surface area (Å²) in [6, 6.07) is 4.42. The maximum atomic E-state index is 12.4. The molecule has 130 valence electrons. The van der Waals surface area contributed by atoms with Gasteiger partial charge in [0.25, 0.3) is 0 Å². The fourth-order valence-electron chi connectivity index (χ4n) is 1.74. The summed E-state index contributed by atoms with van der Waals surface area (Å²) < 4.78 is 32.4. The summed E-state index contributed by atoms with van der Waals surface area (Å²) in [6.45, 7) is 3.14. The first-order valence-corrected chi connectivity index (χ1v) is 8.42. The van der Waals surface area contributed by atoms with Crippen LogP contribution in [0, 0.1) is 0 Å². The van der Waals surface area contributed by atoms with Crippen molar-refractivity contribution in [2.24, 2.45) is 5.73 Å². The van der Waals surface area contributed by atoms with Crippen LogP contribution in [0.5, 0.6) is 5.75 Å². The molecule has 2 rings (SSSR count). The lowest BCUT2D eigenvalue weighted by atomic mass is 10.1. The van der Waals surface area contributed by atoms with Crippen molar-refractivity contribution in [1.82, 2.24) is 4.72 Å². The molecule has 23 heavy (non-hydrogen) atoms. The Morgan fingerprint density at radius 3 is 2.43 bits per heavy atom. The fourth-order valence-corrected chi connectivity index (χ4v) is 3.24. The highest BCUT2D eigenvalue weighted by molar-refractivity contribution is 7.89. The summed E-state index contributed by atoms with van der Waals surface area (Å²) in [7, 11) is -2.30. The number of carbonyl (C=O) groups excluding carboxylic acids is 1. The summed E-state index contributed by atoms with van der Waals surface area (Å²) in [4.78, 5) is 11.9. The van der Waals surface area contributed by atoms with Crippen molar-refractivity contribution in [3.8, 4) is 5.75 Å². The number of rotatable bonds is 6. The zero-order valence-electron chi connectivity index (χ0n) is 13.3. The summed E-state index contributed by atoms with van der Waals surface area (Å²) in [6.07, 6.45) is 1.67. The van der Waals surface area contributed by atoms with E-state index in [9.17, 15) is 13.2 Å². The Hall–Kier alpha value is -1.35. The second-order valence-corrected chi connectivity index (χ2v) is 7.62. The number of anilines is 1. The second-order valence-electron chi connectivity index (χ2n) is 5.94. The highest BCUT2D eigenvalue weighted by atomic mass is 35.5. The molecule has 0 heterocycles. The molecule has 1 aromatic carbocycles. The topological polar surface area (TPSA) is 111 Å². The minimum absolute atomic E-state index is 0. The number of nitrogens with two attached hydrogens (primary N) is 1. The van der Waals surface area contributed by atoms with Crippen LogP contribution in [0.1, 0.15) is 26.7 Å². The predicted molar refractivity (Wildman–Crippen MR) is 90.5 cm³/mol. The smallest absolute Gasteiger partial charge is 0.244 e. The van der Waals surface area contributed by atoms with Gasteiger partial charge in [0.1, 0.15) is 10.6 Å². The number of hydrogen-bond acceptors (Lipinski definition) is 5. The number of halogens is 1. The molecule has 0 aliphatic heterocycles. The molecule has 0 unspecified atom stereocenters. The summed E-state index contributed by atoms with van der Waals surface area (Å²) in [5, 5.41) is 2.60. The van der Waals surface area contributed by atoms with Gasteiger partial charge in [-0.2, -0.15) is 0 Å². The Kier molecular flexibility index (Phi) is 6.03. The molecule has 1 fully saturated rings. The SMILES string of the molecule is COc1ccc(NC(=O)C(C)(C)N)cc1S(=O)(=O)NC1CC1.Cl. The molecule has 0 atom stereocenters. The third-order valence-corrected chi connectivity index (χ3v) is 4.74. The first-order valence-electron chi connectivity index (χ1n) is 6.94.